The lowest BCUT2D eigenvalue weighted by molar-refractivity contribution is 0.0403. The summed E-state index contributed by atoms with van der Waals surface area (Å²) >= 11 is 0. The van der Waals surface area contributed by atoms with Crippen molar-refractivity contribution < 1.29 is 14.2 Å². The van der Waals surface area contributed by atoms with Gasteiger partial charge in [0.1, 0.15) is 5.60 Å². The maximum absolute atomic E-state index is 6.32. The van der Waals surface area contributed by atoms with Gasteiger partial charge in [0.2, 0.25) is 12.5 Å². The van der Waals surface area contributed by atoms with Gasteiger partial charge >= 0.3 is 0 Å². The van der Waals surface area contributed by atoms with Crippen LogP contribution in [0, 0.1) is 0 Å². The first-order valence-corrected chi connectivity index (χ1v) is 8.52. The van der Waals surface area contributed by atoms with Gasteiger partial charge in [-0.2, -0.15) is 0 Å². The molecule has 2 heterocycles. The Bertz CT molecular complexity index is 531. The summed E-state index contributed by atoms with van der Waals surface area (Å²) in [4.78, 5) is 0. The van der Waals surface area contributed by atoms with Crippen LogP contribution in [-0.2, 0) is 0 Å². The van der Waals surface area contributed by atoms with Crippen molar-refractivity contribution in [2.24, 2.45) is 0 Å². The maximum Gasteiger partial charge on any atom is 0.231 e. The van der Waals surface area contributed by atoms with Gasteiger partial charge in [0.25, 0.3) is 0 Å². The molecule has 0 bridgehead atoms. The lowest BCUT2D eigenvalue weighted by Gasteiger charge is -2.40. The minimum Gasteiger partial charge on any atom is -0.483 e. The first-order valence-electron chi connectivity index (χ1n) is 8.52. The molecule has 0 fully saturated rings. The SMILES string of the molecule is CCCCCNC1CC(C)(CC)Oc2c1ccc1c2OCO1. The summed E-state index contributed by atoms with van der Waals surface area (Å²) < 4.78 is 17.5. The summed E-state index contributed by atoms with van der Waals surface area (Å²) in [7, 11) is 0. The zero-order valence-corrected chi connectivity index (χ0v) is 13.9. The Morgan fingerprint density at radius 3 is 2.82 bits per heavy atom. The molecule has 122 valence electrons. The van der Waals surface area contributed by atoms with Crippen LogP contribution in [0.15, 0.2) is 12.1 Å². The average molecular weight is 305 g/mol. The Kier molecular flexibility index (Phi) is 4.48. The van der Waals surface area contributed by atoms with E-state index in [2.05, 4.69) is 32.2 Å². The third-order valence-electron chi connectivity index (χ3n) is 4.80. The Morgan fingerprint density at radius 1 is 1.18 bits per heavy atom. The second kappa shape index (κ2) is 6.37. The van der Waals surface area contributed by atoms with E-state index in [9.17, 15) is 0 Å². The lowest BCUT2D eigenvalue weighted by Crippen LogP contribution is -2.41. The number of hydrogen-bond acceptors (Lipinski definition) is 4. The lowest BCUT2D eigenvalue weighted by atomic mass is 9.86. The topological polar surface area (TPSA) is 39.7 Å². The van der Waals surface area contributed by atoms with Crippen molar-refractivity contribution in [3.63, 3.8) is 0 Å². The van der Waals surface area contributed by atoms with Crippen molar-refractivity contribution in [1.29, 1.82) is 0 Å². The first kappa shape index (κ1) is 15.5. The smallest absolute Gasteiger partial charge is 0.231 e. The van der Waals surface area contributed by atoms with E-state index < -0.39 is 0 Å². The Balaban J connectivity index is 1.85. The summed E-state index contributed by atoms with van der Waals surface area (Å²) in [5, 5.41) is 3.72. The highest BCUT2D eigenvalue weighted by Crippen LogP contribution is 2.51. The van der Waals surface area contributed by atoms with Crippen LogP contribution in [0.2, 0.25) is 0 Å². The summed E-state index contributed by atoms with van der Waals surface area (Å²) in [6.45, 7) is 7.93. The zero-order valence-electron chi connectivity index (χ0n) is 13.9. The van der Waals surface area contributed by atoms with E-state index in [-0.39, 0.29) is 12.4 Å². The predicted octanol–water partition coefficient (Wildman–Crippen LogP) is 4.19. The molecular weight excluding hydrogens is 278 g/mol. The third-order valence-corrected chi connectivity index (χ3v) is 4.80. The van der Waals surface area contributed by atoms with Crippen LogP contribution >= 0.6 is 0 Å². The molecule has 0 saturated carbocycles. The van der Waals surface area contributed by atoms with Crippen molar-refractivity contribution in [2.75, 3.05) is 13.3 Å². The molecule has 1 N–H and O–H groups in total. The van der Waals surface area contributed by atoms with Crippen LogP contribution in [-0.4, -0.2) is 18.9 Å². The van der Waals surface area contributed by atoms with Gasteiger partial charge in [-0.15, -0.1) is 0 Å². The Morgan fingerprint density at radius 2 is 2.05 bits per heavy atom. The van der Waals surface area contributed by atoms with Crippen molar-refractivity contribution in [3.8, 4) is 17.2 Å². The average Bonchev–Trinajstić information content (AvgIpc) is 3.00. The van der Waals surface area contributed by atoms with Gasteiger partial charge in [-0.3, -0.25) is 0 Å². The third kappa shape index (κ3) is 2.89. The molecule has 0 aromatic heterocycles. The minimum atomic E-state index is -0.156. The molecule has 0 spiro atoms. The number of rotatable bonds is 6. The van der Waals surface area contributed by atoms with E-state index in [0.29, 0.717) is 6.04 Å². The van der Waals surface area contributed by atoms with E-state index >= 15 is 0 Å². The van der Waals surface area contributed by atoms with Gasteiger partial charge in [-0.1, -0.05) is 26.7 Å². The molecule has 0 radical (unpaired) electrons. The molecule has 1 aromatic rings. The minimum absolute atomic E-state index is 0.156. The summed E-state index contributed by atoms with van der Waals surface area (Å²) in [5.41, 5.74) is 1.04. The van der Waals surface area contributed by atoms with Crippen molar-refractivity contribution in [3.05, 3.63) is 17.7 Å². The number of unbranched alkanes of at least 4 members (excludes halogenated alkanes) is 2. The molecule has 4 nitrogen and oxygen atoms in total. The van der Waals surface area contributed by atoms with Gasteiger partial charge in [0.15, 0.2) is 11.5 Å². The number of ether oxygens (including phenoxy) is 3. The van der Waals surface area contributed by atoms with Crippen molar-refractivity contribution in [2.45, 2.75) is 64.5 Å². The molecule has 22 heavy (non-hydrogen) atoms. The van der Waals surface area contributed by atoms with E-state index in [4.69, 9.17) is 14.2 Å². The monoisotopic (exact) mass is 305 g/mol. The van der Waals surface area contributed by atoms with Crippen LogP contribution in [0.4, 0.5) is 0 Å². The van der Waals surface area contributed by atoms with E-state index in [1.54, 1.807) is 0 Å². The van der Waals surface area contributed by atoms with Crippen LogP contribution < -0.4 is 19.5 Å². The van der Waals surface area contributed by atoms with Crippen LogP contribution in [0.1, 0.15) is 64.5 Å². The second-order valence-electron chi connectivity index (χ2n) is 6.54. The Hall–Kier alpha value is -1.42. The fraction of sp³-hybridized carbons (Fsp3) is 0.667. The molecular formula is C18H27NO3. The number of hydrogen-bond donors (Lipinski definition) is 1. The van der Waals surface area contributed by atoms with Gasteiger partial charge in [-0.05, 0) is 38.4 Å². The molecule has 2 aliphatic heterocycles. The summed E-state index contributed by atoms with van der Waals surface area (Å²) in [6, 6.07) is 4.44. The highest BCUT2D eigenvalue weighted by atomic mass is 16.7. The molecule has 2 unspecified atom stereocenters. The predicted molar refractivity (Wildman–Crippen MR) is 86.8 cm³/mol. The molecule has 0 saturated heterocycles. The normalized spacial score (nSPS) is 25.7. The van der Waals surface area contributed by atoms with Gasteiger partial charge < -0.3 is 19.5 Å². The number of nitrogens with one attached hydrogen (secondary N) is 1. The van der Waals surface area contributed by atoms with Gasteiger partial charge in [0.05, 0.1) is 0 Å². The molecule has 4 heteroatoms. The standard InChI is InChI=1S/C18H27NO3/c1-4-6-7-10-19-14-11-18(3,5-2)22-16-13(14)8-9-15-17(16)21-12-20-15/h8-9,14,19H,4-7,10-12H2,1-3H3. The summed E-state index contributed by atoms with van der Waals surface area (Å²) in [5.74, 6) is 2.44. The second-order valence-corrected chi connectivity index (χ2v) is 6.54. The zero-order chi connectivity index (χ0) is 15.6. The van der Waals surface area contributed by atoms with Gasteiger partial charge in [-0.25, -0.2) is 0 Å². The molecule has 2 atom stereocenters. The van der Waals surface area contributed by atoms with Crippen LogP contribution in [0.3, 0.4) is 0 Å². The maximum atomic E-state index is 6.32. The molecule has 1 aromatic carbocycles. The largest absolute Gasteiger partial charge is 0.483 e. The van der Waals surface area contributed by atoms with Crippen molar-refractivity contribution >= 4 is 0 Å². The van der Waals surface area contributed by atoms with E-state index in [1.165, 1.54) is 24.8 Å². The van der Waals surface area contributed by atoms with Gasteiger partial charge in [0, 0.05) is 18.0 Å². The van der Waals surface area contributed by atoms with Crippen LogP contribution in [0.25, 0.3) is 0 Å². The molecule has 2 aliphatic rings. The highest BCUT2D eigenvalue weighted by Gasteiger charge is 2.39. The fourth-order valence-corrected chi connectivity index (χ4v) is 3.22. The fourth-order valence-electron chi connectivity index (χ4n) is 3.22. The number of fused-ring (bicyclic) bond motifs is 3. The first-order chi connectivity index (χ1) is 10.7. The number of benzene rings is 1. The molecule has 0 aliphatic carbocycles. The summed E-state index contributed by atoms with van der Waals surface area (Å²) in [6.07, 6.45) is 5.70. The van der Waals surface area contributed by atoms with Crippen LogP contribution in [0.5, 0.6) is 17.2 Å². The van der Waals surface area contributed by atoms with E-state index in [0.717, 1.165) is 36.6 Å². The van der Waals surface area contributed by atoms with E-state index in [1.807, 2.05) is 6.07 Å². The molecule has 3 rings (SSSR count). The van der Waals surface area contributed by atoms with Crippen molar-refractivity contribution in [1.82, 2.24) is 5.32 Å². The highest BCUT2D eigenvalue weighted by molar-refractivity contribution is 5.58. The molecule has 0 amide bonds. The Labute approximate surface area is 133 Å². The quantitative estimate of drug-likeness (QED) is 0.800.